The van der Waals surface area contributed by atoms with Crippen LogP contribution in [0.1, 0.15) is 90.0 Å². The third-order valence-electron chi connectivity index (χ3n) is 7.24. The minimum atomic E-state index is -0.679. The lowest BCUT2D eigenvalue weighted by atomic mass is 9.73. The van der Waals surface area contributed by atoms with Gasteiger partial charge in [0.05, 0.1) is 17.1 Å². The van der Waals surface area contributed by atoms with Gasteiger partial charge in [0, 0.05) is 28.9 Å². The molecule has 1 fully saturated rings. The smallest absolute Gasteiger partial charge is 0.336 e. The van der Waals surface area contributed by atoms with Gasteiger partial charge in [-0.3, -0.25) is 15.0 Å². The monoisotopic (exact) mass is 483 g/mol. The first-order valence-corrected chi connectivity index (χ1v) is 12.7. The highest BCUT2D eigenvalue weighted by Crippen LogP contribution is 2.50. The van der Waals surface area contributed by atoms with E-state index < -0.39 is 22.8 Å². The van der Waals surface area contributed by atoms with Crippen molar-refractivity contribution in [2.45, 2.75) is 84.5 Å². The zero-order valence-corrected chi connectivity index (χ0v) is 21.0. The summed E-state index contributed by atoms with van der Waals surface area (Å²) < 4.78 is 5.69. The van der Waals surface area contributed by atoms with E-state index in [2.05, 4.69) is 6.92 Å². The molecule has 2 aliphatic rings. The van der Waals surface area contributed by atoms with Gasteiger partial charge >= 0.3 is 12.0 Å². The number of ether oxygens (including phenoxy) is 1. The second-order valence-electron chi connectivity index (χ2n) is 9.49. The second-order valence-corrected chi connectivity index (χ2v) is 9.49. The molecule has 2 amide bonds. The molecule has 1 unspecified atom stereocenters. The number of nitro benzene ring substituents is 1. The van der Waals surface area contributed by atoms with Crippen LogP contribution >= 0.6 is 0 Å². The molecule has 1 saturated carbocycles. The standard InChI is InChI=1S/C27H37N3O5/c1-4-5-6-7-12-17-35-26(31)24-19(3)29(27(28)32)18(2)23(20-13-8-9-14-20)25(24)21-15-10-11-16-22(21)30(33)34/h10-11,15-16,20,25H,4-9,12-14,17H2,1-3H3,(H2,28,32). The van der Waals surface area contributed by atoms with Gasteiger partial charge in [0.1, 0.15) is 0 Å². The average Bonchev–Trinajstić information content (AvgIpc) is 3.35. The Labute approximate surface area is 207 Å². The third-order valence-corrected chi connectivity index (χ3v) is 7.24. The van der Waals surface area contributed by atoms with E-state index >= 15 is 0 Å². The van der Waals surface area contributed by atoms with Gasteiger partial charge in [-0.1, -0.05) is 63.6 Å². The van der Waals surface area contributed by atoms with Crippen molar-refractivity contribution in [1.29, 1.82) is 0 Å². The van der Waals surface area contributed by atoms with Crippen molar-refractivity contribution in [3.05, 3.63) is 62.5 Å². The van der Waals surface area contributed by atoms with E-state index in [1.54, 1.807) is 25.1 Å². The van der Waals surface area contributed by atoms with Crippen molar-refractivity contribution >= 4 is 17.7 Å². The van der Waals surface area contributed by atoms with Gasteiger partial charge < -0.3 is 10.5 Å². The molecule has 1 heterocycles. The number of nitrogens with two attached hydrogens (primary N) is 1. The lowest BCUT2D eigenvalue weighted by Crippen LogP contribution is -2.40. The van der Waals surface area contributed by atoms with Gasteiger partial charge in [0.2, 0.25) is 0 Å². The number of allylic oxidation sites excluding steroid dienone is 3. The average molecular weight is 484 g/mol. The summed E-state index contributed by atoms with van der Waals surface area (Å²) in [6.45, 7) is 5.89. The molecule has 0 bridgehead atoms. The zero-order valence-electron chi connectivity index (χ0n) is 21.0. The first kappa shape index (κ1) is 26.4. The number of primary amides is 1. The van der Waals surface area contributed by atoms with Crippen molar-refractivity contribution in [2.75, 3.05) is 6.61 Å². The van der Waals surface area contributed by atoms with Gasteiger partial charge in [-0.15, -0.1) is 0 Å². The Morgan fingerprint density at radius 1 is 1.09 bits per heavy atom. The summed E-state index contributed by atoms with van der Waals surface area (Å²) in [6, 6.07) is 5.86. The molecule has 1 atom stereocenters. The molecule has 0 radical (unpaired) electrons. The Balaban J connectivity index is 2.09. The molecule has 1 aromatic rings. The van der Waals surface area contributed by atoms with Crippen molar-refractivity contribution < 1.29 is 19.2 Å². The van der Waals surface area contributed by atoms with Crippen LogP contribution in [0.2, 0.25) is 0 Å². The van der Waals surface area contributed by atoms with Crippen LogP contribution in [0.25, 0.3) is 0 Å². The largest absolute Gasteiger partial charge is 0.462 e. The highest BCUT2D eigenvalue weighted by molar-refractivity contribution is 5.94. The van der Waals surface area contributed by atoms with Crippen LogP contribution in [-0.4, -0.2) is 28.4 Å². The van der Waals surface area contributed by atoms with E-state index in [9.17, 15) is 19.7 Å². The fourth-order valence-corrected chi connectivity index (χ4v) is 5.61. The number of rotatable bonds is 10. The summed E-state index contributed by atoms with van der Waals surface area (Å²) in [7, 11) is 0. The molecule has 1 aromatic carbocycles. The number of carbonyl (C=O) groups excluding carboxylic acids is 2. The number of para-hydroxylation sites is 1. The summed E-state index contributed by atoms with van der Waals surface area (Å²) >= 11 is 0. The Morgan fingerprint density at radius 3 is 2.37 bits per heavy atom. The van der Waals surface area contributed by atoms with E-state index in [-0.39, 0.29) is 23.8 Å². The highest BCUT2D eigenvalue weighted by Gasteiger charge is 2.43. The van der Waals surface area contributed by atoms with Gasteiger partial charge in [0.25, 0.3) is 5.69 Å². The summed E-state index contributed by atoms with van der Waals surface area (Å²) in [6.07, 6.45) is 8.92. The topological polar surface area (TPSA) is 116 Å². The summed E-state index contributed by atoms with van der Waals surface area (Å²) in [4.78, 5) is 39.0. The minimum Gasteiger partial charge on any atom is -0.462 e. The second kappa shape index (κ2) is 12.0. The van der Waals surface area contributed by atoms with E-state index in [4.69, 9.17) is 10.5 Å². The van der Waals surface area contributed by atoms with E-state index in [0.717, 1.165) is 63.4 Å². The molecule has 0 spiro atoms. The summed E-state index contributed by atoms with van der Waals surface area (Å²) in [5, 5.41) is 12.0. The van der Waals surface area contributed by atoms with Crippen molar-refractivity contribution in [3.8, 4) is 0 Å². The summed E-state index contributed by atoms with van der Waals surface area (Å²) in [5.74, 6) is -1.11. The van der Waals surface area contributed by atoms with Crippen molar-refractivity contribution in [1.82, 2.24) is 4.90 Å². The highest BCUT2D eigenvalue weighted by atomic mass is 16.6. The molecular formula is C27H37N3O5. The molecule has 0 aromatic heterocycles. The number of esters is 1. The zero-order chi connectivity index (χ0) is 25.5. The number of nitro groups is 1. The number of urea groups is 1. The van der Waals surface area contributed by atoms with Crippen LogP contribution in [0.3, 0.4) is 0 Å². The van der Waals surface area contributed by atoms with Gasteiger partial charge in [-0.25, -0.2) is 9.59 Å². The maximum Gasteiger partial charge on any atom is 0.336 e. The van der Waals surface area contributed by atoms with Gasteiger partial charge in [-0.05, 0) is 44.6 Å². The molecule has 8 heteroatoms. The molecule has 190 valence electrons. The van der Waals surface area contributed by atoms with E-state index in [1.165, 1.54) is 11.0 Å². The third kappa shape index (κ3) is 5.74. The predicted molar refractivity (Wildman–Crippen MR) is 134 cm³/mol. The van der Waals surface area contributed by atoms with E-state index in [1.807, 2.05) is 6.92 Å². The van der Waals surface area contributed by atoms with Crippen molar-refractivity contribution in [2.24, 2.45) is 11.7 Å². The number of hydrogen-bond acceptors (Lipinski definition) is 5. The molecule has 0 saturated heterocycles. The number of nitrogens with zero attached hydrogens (tertiary/aromatic N) is 2. The van der Waals surface area contributed by atoms with E-state index in [0.29, 0.717) is 17.0 Å². The lowest BCUT2D eigenvalue weighted by Gasteiger charge is -2.38. The predicted octanol–water partition coefficient (Wildman–Crippen LogP) is 6.32. The fourth-order valence-electron chi connectivity index (χ4n) is 5.61. The molecule has 1 aliphatic carbocycles. The first-order chi connectivity index (χ1) is 16.8. The minimum absolute atomic E-state index is 0.0500. The molecule has 35 heavy (non-hydrogen) atoms. The molecule has 3 rings (SSSR count). The maximum atomic E-state index is 13.5. The summed E-state index contributed by atoms with van der Waals surface area (Å²) in [5.41, 5.74) is 8.30. The lowest BCUT2D eigenvalue weighted by molar-refractivity contribution is -0.385. The molecular weight excluding hydrogens is 446 g/mol. The normalized spacial score (nSPS) is 18.8. The van der Waals surface area contributed by atoms with Gasteiger partial charge in [0.15, 0.2) is 0 Å². The SMILES string of the molecule is CCCCCCCOC(=O)C1=C(C)N(C(N)=O)C(C)=C(C2CCCC2)C1c1ccccc1[N+](=O)[O-]. The Morgan fingerprint density at radius 2 is 1.74 bits per heavy atom. The van der Waals surface area contributed by atoms with Crippen LogP contribution in [0.5, 0.6) is 0 Å². The van der Waals surface area contributed by atoms with Crippen LogP contribution in [0, 0.1) is 16.0 Å². The number of hydrogen-bond donors (Lipinski definition) is 1. The molecule has 1 aliphatic heterocycles. The molecule has 2 N–H and O–H groups in total. The van der Waals surface area contributed by atoms with Crippen LogP contribution in [-0.2, 0) is 9.53 Å². The number of unbranched alkanes of at least 4 members (excludes halogenated alkanes) is 4. The number of carbonyl (C=O) groups is 2. The quantitative estimate of drug-likeness (QED) is 0.181. The van der Waals surface area contributed by atoms with Gasteiger partial charge in [-0.2, -0.15) is 0 Å². The molecule has 8 nitrogen and oxygen atoms in total. The Kier molecular flexibility index (Phi) is 9.07. The van der Waals surface area contributed by atoms with Crippen LogP contribution < -0.4 is 5.73 Å². The fraction of sp³-hybridized carbons (Fsp3) is 0.556. The number of benzene rings is 1. The van der Waals surface area contributed by atoms with Crippen LogP contribution in [0.15, 0.2) is 46.8 Å². The Bertz CT molecular complexity index is 1020. The maximum absolute atomic E-state index is 13.5. The number of amides is 2. The van der Waals surface area contributed by atoms with Crippen molar-refractivity contribution in [3.63, 3.8) is 0 Å². The van der Waals surface area contributed by atoms with Crippen LogP contribution in [0.4, 0.5) is 10.5 Å². The first-order valence-electron chi connectivity index (χ1n) is 12.7. The Hall–Kier alpha value is -3.16.